The Kier molecular flexibility index (Phi) is 4.87. The van der Waals surface area contributed by atoms with Gasteiger partial charge in [0.05, 0.1) is 6.21 Å². The van der Waals surface area contributed by atoms with Crippen molar-refractivity contribution in [3.05, 3.63) is 64.2 Å². The molecular formula is C19H20ClN5S. The molecule has 0 spiro atoms. The van der Waals surface area contributed by atoms with Crippen LogP contribution in [0.5, 0.6) is 0 Å². The fourth-order valence-corrected chi connectivity index (χ4v) is 4.02. The van der Waals surface area contributed by atoms with Crippen molar-refractivity contribution < 1.29 is 0 Å². The van der Waals surface area contributed by atoms with Crippen molar-refractivity contribution >= 4 is 29.6 Å². The van der Waals surface area contributed by atoms with E-state index in [0.29, 0.717) is 6.04 Å². The van der Waals surface area contributed by atoms with Gasteiger partial charge < -0.3 is 4.57 Å². The molecule has 4 rings (SSSR count). The number of aromatic nitrogens is 4. The second-order valence-electron chi connectivity index (χ2n) is 6.55. The highest BCUT2D eigenvalue weighted by Crippen LogP contribution is 2.38. The van der Waals surface area contributed by atoms with E-state index in [2.05, 4.69) is 39.8 Å². The van der Waals surface area contributed by atoms with Crippen LogP contribution in [-0.4, -0.2) is 25.7 Å². The lowest BCUT2D eigenvalue weighted by Gasteiger charge is -2.06. The number of halogens is 1. The van der Waals surface area contributed by atoms with Crippen LogP contribution in [0, 0.1) is 13.8 Å². The molecule has 0 saturated heterocycles. The van der Waals surface area contributed by atoms with E-state index < -0.39 is 0 Å². The van der Waals surface area contributed by atoms with Crippen LogP contribution in [0.3, 0.4) is 0 Å². The van der Waals surface area contributed by atoms with Crippen molar-refractivity contribution in [3.8, 4) is 0 Å². The molecule has 5 nitrogen and oxygen atoms in total. The summed E-state index contributed by atoms with van der Waals surface area (Å²) in [4.78, 5) is 0. The van der Waals surface area contributed by atoms with E-state index in [1.54, 1.807) is 22.8 Å². The largest absolute Gasteiger partial charge is 0.345 e. The Labute approximate surface area is 162 Å². The second kappa shape index (κ2) is 7.29. The first-order valence-electron chi connectivity index (χ1n) is 8.62. The molecule has 1 aromatic carbocycles. The molecule has 3 aromatic rings. The highest BCUT2D eigenvalue weighted by Gasteiger charge is 2.26. The summed E-state index contributed by atoms with van der Waals surface area (Å²) in [5.74, 6) is 0.793. The zero-order valence-electron chi connectivity index (χ0n) is 14.8. The number of aryl methyl sites for hydroxylation is 1. The van der Waals surface area contributed by atoms with Gasteiger partial charge in [-0.15, -0.1) is 10.2 Å². The molecule has 2 heterocycles. The first kappa shape index (κ1) is 17.4. The molecule has 7 heteroatoms. The van der Waals surface area contributed by atoms with Gasteiger partial charge >= 0.3 is 0 Å². The van der Waals surface area contributed by atoms with Gasteiger partial charge in [0, 0.05) is 33.8 Å². The third-order valence-electron chi connectivity index (χ3n) is 4.54. The number of hydrogen-bond acceptors (Lipinski definition) is 4. The van der Waals surface area contributed by atoms with Gasteiger partial charge in [-0.05, 0) is 50.5 Å². The lowest BCUT2D eigenvalue weighted by molar-refractivity contribution is 0.699. The van der Waals surface area contributed by atoms with Crippen molar-refractivity contribution in [2.75, 3.05) is 0 Å². The van der Waals surface area contributed by atoms with Gasteiger partial charge in [-0.25, -0.2) is 0 Å². The van der Waals surface area contributed by atoms with Crippen LogP contribution in [0.25, 0.3) is 0 Å². The van der Waals surface area contributed by atoms with E-state index in [1.165, 1.54) is 29.8 Å². The lowest BCUT2D eigenvalue weighted by atomic mass is 10.2. The summed E-state index contributed by atoms with van der Waals surface area (Å²) in [6.07, 6.45) is 6.10. The van der Waals surface area contributed by atoms with Crippen LogP contribution in [0.1, 0.15) is 41.4 Å². The molecular weight excluding hydrogens is 366 g/mol. The SMILES string of the molecule is Cc1cc(/C=N/n2cnnc2SCc2ccc(Cl)cc2)c(C)n1C1CC1. The minimum Gasteiger partial charge on any atom is -0.345 e. The summed E-state index contributed by atoms with van der Waals surface area (Å²) in [6, 6.07) is 10.7. The van der Waals surface area contributed by atoms with Crippen LogP contribution < -0.4 is 0 Å². The van der Waals surface area contributed by atoms with E-state index >= 15 is 0 Å². The third kappa shape index (κ3) is 3.71. The molecule has 0 bridgehead atoms. The molecule has 0 unspecified atom stereocenters. The van der Waals surface area contributed by atoms with Gasteiger partial charge in [-0.3, -0.25) is 0 Å². The van der Waals surface area contributed by atoms with Gasteiger partial charge in [0.1, 0.15) is 6.33 Å². The Morgan fingerprint density at radius 2 is 2.04 bits per heavy atom. The molecule has 0 N–H and O–H groups in total. The molecule has 0 atom stereocenters. The van der Waals surface area contributed by atoms with Gasteiger partial charge in [-0.1, -0.05) is 35.5 Å². The summed E-state index contributed by atoms with van der Waals surface area (Å²) >= 11 is 7.53. The normalized spacial score (nSPS) is 14.4. The number of nitrogens with zero attached hydrogens (tertiary/aromatic N) is 5. The fraction of sp³-hybridized carbons (Fsp3) is 0.316. The summed E-state index contributed by atoms with van der Waals surface area (Å²) in [5.41, 5.74) is 4.91. The van der Waals surface area contributed by atoms with E-state index in [-0.39, 0.29) is 0 Å². The maximum atomic E-state index is 5.93. The molecule has 0 aliphatic heterocycles. The highest BCUT2D eigenvalue weighted by atomic mass is 35.5. The Morgan fingerprint density at radius 1 is 1.27 bits per heavy atom. The summed E-state index contributed by atoms with van der Waals surface area (Å²) in [6.45, 7) is 4.32. The topological polar surface area (TPSA) is 48.0 Å². The van der Waals surface area contributed by atoms with Crippen LogP contribution in [0.15, 0.2) is 46.9 Å². The highest BCUT2D eigenvalue weighted by molar-refractivity contribution is 7.98. The predicted molar refractivity (Wildman–Crippen MR) is 106 cm³/mol. The Hall–Kier alpha value is -2.05. The van der Waals surface area contributed by atoms with Gasteiger partial charge in [-0.2, -0.15) is 9.78 Å². The van der Waals surface area contributed by atoms with Crippen molar-refractivity contribution in [2.45, 2.75) is 43.6 Å². The van der Waals surface area contributed by atoms with E-state index in [1.807, 2.05) is 30.5 Å². The zero-order valence-corrected chi connectivity index (χ0v) is 16.3. The molecule has 0 amide bonds. The molecule has 2 aromatic heterocycles. The zero-order chi connectivity index (χ0) is 18.1. The summed E-state index contributed by atoms with van der Waals surface area (Å²) in [7, 11) is 0. The van der Waals surface area contributed by atoms with Gasteiger partial charge in [0.2, 0.25) is 5.16 Å². The standard InChI is InChI=1S/C19H20ClN5S/c1-13-9-16(14(2)25(13)18-7-8-18)10-22-24-12-21-23-19(24)26-11-15-3-5-17(20)6-4-15/h3-6,9-10,12,18H,7-8,11H2,1-2H3/b22-10+. The smallest absolute Gasteiger partial charge is 0.212 e. The molecule has 1 aliphatic carbocycles. The van der Waals surface area contributed by atoms with E-state index in [4.69, 9.17) is 11.6 Å². The summed E-state index contributed by atoms with van der Waals surface area (Å²) < 4.78 is 4.15. The van der Waals surface area contributed by atoms with Gasteiger partial charge in [0.25, 0.3) is 0 Å². The maximum absolute atomic E-state index is 5.93. The van der Waals surface area contributed by atoms with Crippen LogP contribution >= 0.6 is 23.4 Å². The quantitative estimate of drug-likeness (QED) is 0.449. The van der Waals surface area contributed by atoms with E-state index in [9.17, 15) is 0 Å². The number of rotatable bonds is 6. The number of benzene rings is 1. The average molecular weight is 386 g/mol. The Morgan fingerprint density at radius 3 is 2.77 bits per heavy atom. The molecule has 26 heavy (non-hydrogen) atoms. The Balaban J connectivity index is 1.47. The molecule has 1 fully saturated rings. The predicted octanol–water partition coefficient (Wildman–Crippen LogP) is 4.86. The molecule has 0 radical (unpaired) electrons. The maximum Gasteiger partial charge on any atom is 0.212 e. The van der Waals surface area contributed by atoms with Gasteiger partial charge in [0.15, 0.2) is 0 Å². The minimum absolute atomic E-state index is 0.678. The van der Waals surface area contributed by atoms with Crippen molar-refractivity contribution in [3.63, 3.8) is 0 Å². The Bertz CT molecular complexity index is 937. The fourth-order valence-electron chi connectivity index (χ4n) is 3.07. The number of hydrogen-bond donors (Lipinski definition) is 0. The van der Waals surface area contributed by atoms with E-state index in [0.717, 1.165) is 21.5 Å². The molecule has 1 saturated carbocycles. The number of thioether (sulfide) groups is 1. The molecule has 1 aliphatic rings. The summed E-state index contributed by atoms with van der Waals surface area (Å²) in [5, 5.41) is 14.3. The monoisotopic (exact) mass is 385 g/mol. The second-order valence-corrected chi connectivity index (χ2v) is 7.92. The van der Waals surface area contributed by atoms with Crippen LogP contribution in [0.4, 0.5) is 0 Å². The third-order valence-corrected chi connectivity index (χ3v) is 5.79. The molecule has 134 valence electrons. The van der Waals surface area contributed by atoms with Crippen molar-refractivity contribution in [1.82, 2.24) is 19.4 Å². The lowest BCUT2D eigenvalue weighted by Crippen LogP contribution is -1.99. The van der Waals surface area contributed by atoms with Crippen LogP contribution in [-0.2, 0) is 5.75 Å². The van der Waals surface area contributed by atoms with Crippen LogP contribution in [0.2, 0.25) is 5.02 Å². The first-order valence-corrected chi connectivity index (χ1v) is 9.98. The first-order chi connectivity index (χ1) is 12.6. The average Bonchev–Trinajstić information content (AvgIpc) is 3.28. The van der Waals surface area contributed by atoms with Crippen molar-refractivity contribution in [1.29, 1.82) is 0 Å². The minimum atomic E-state index is 0.678. The van der Waals surface area contributed by atoms with Crippen molar-refractivity contribution in [2.24, 2.45) is 5.10 Å².